The van der Waals surface area contributed by atoms with Crippen LogP contribution in [0.2, 0.25) is 0 Å². The fourth-order valence-electron chi connectivity index (χ4n) is 3.86. The van der Waals surface area contributed by atoms with Gasteiger partial charge in [-0.2, -0.15) is 0 Å². The summed E-state index contributed by atoms with van der Waals surface area (Å²) in [6.07, 6.45) is 4.51. The van der Waals surface area contributed by atoms with Gasteiger partial charge < -0.3 is 11.1 Å². The van der Waals surface area contributed by atoms with E-state index in [2.05, 4.69) is 5.32 Å². The molecule has 1 aromatic carbocycles. The zero-order chi connectivity index (χ0) is 15.9. The third kappa shape index (κ3) is 2.84. The molecule has 0 aromatic heterocycles. The average Bonchev–Trinajstić information content (AvgIpc) is 2.44. The summed E-state index contributed by atoms with van der Waals surface area (Å²) in [5, 5.41) is 2.39. The maximum Gasteiger partial charge on any atom is 0.227 e. The van der Waals surface area contributed by atoms with Crippen LogP contribution in [0.15, 0.2) is 12.1 Å². The third-order valence-electron chi connectivity index (χ3n) is 5.05. The fourth-order valence-corrected chi connectivity index (χ4v) is 3.86. The van der Waals surface area contributed by atoms with Crippen molar-refractivity contribution in [3.63, 3.8) is 0 Å². The molecule has 2 aliphatic rings. The van der Waals surface area contributed by atoms with Crippen molar-refractivity contribution in [2.75, 3.05) is 5.32 Å². The van der Waals surface area contributed by atoms with Gasteiger partial charge in [0, 0.05) is 24.1 Å². The lowest BCUT2D eigenvalue weighted by atomic mass is 9.65. The smallest absolute Gasteiger partial charge is 0.227 e. The molecule has 0 aliphatic heterocycles. The average molecular weight is 312 g/mol. The first kappa shape index (κ1) is 15.3. The quantitative estimate of drug-likeness (QED) is 0.824. The highest BCUT2D eigenvalue weighted by Gasteiger charge is 2.40. The third-order valence-corrected chi connectivity index (χ3v) is 5.05. The van der Waals surface area contributed by atoms with Gasteiger partial charge in [0.15, 0.2) is 11.6 Å². The number of amides is 1. The lowest BCUT2D eigenvalue weighted by Crippen LogP contribution is -2.48. The van der Waals surface area contributed by atoms with Crippen molar-refractivity contribution in [1.82, 2.24) is 0 Å². The Kier molecular flexibility index (Phi) is 4.12. The first-order valence-electron chi connectivity index (χ1n) is 7.66. The molecule has 0 saturated heterocycles. The number of nitrogens with two attached hydrogens (primary N) is 1. The van der Waals surface area contributed by atoms with E-state index in [-0.39, 0.29) is 23.6 Å². The standard InChI is InChI=1S/C16H19F3N2O/c17-11-6-13(19)14(7-12(11)18)21-16(22)10-4-8-2-1-3-9(5-10)15(8)20/h6-10,15H,1-5,20H2,(H,21,22). The molecule has 6 heteroatoms. The van der Waals surface area contributed by atoms with E-state index < -0.39 is 17.5 Å². The molecule has 1 amide bonds. The molecule has 2 bridgehead atoms. The van der Waals surface area contributed by atoms with Crippen LogP contribution in [0.1, 0.15) is 32.1 Å². The van der Waals surface area contributed by atoms with Gasteiger partial charge in [0.25, 0.3) is 0 Å². The van der Waals surface area contributed by atoms with Crippen molar-refractivity contribution >= 4 is 11.6 Å². The van der Waals surface area contributed by atoms with Gasteiger partial charge in [-0.3, -0.25) is 4.79 Å². The highest BCUT2D eigenvalue weighted by atomic mass is 19.2. The number of fused-ring (bicyclic) bond motifs is 2. The molecule has 0 spiro atoms. The number of nitrogens with one attached hydrogen (secondary N) is 1. The predicted molar refractivity (Wildman–Crippen MR) is 76.5 cm³/mol. The molecule has 2 aliphatic carbocycles. The molecule has 22 heavy (non-hydrogen) atoms. The fraction of sp³-hybridized carbons (Fsp3) is 0.562. The van der Waals surface area contributed by atoms with Gasteiger partial charge in [0.2, 0.25) is 5.91 Å². The van der Waals surface area contributed by atoms with E-state index in [9.17, 15) is 18.0 Å². The summed E-state index contributed by atoms with van der Waals surface area (Å²) >= 11 is 0. The summed E-state index contributed by atoms with van der Waals surface area (Å²) in [5.74, 6) is -3.37. The Morgan fingerprint density at radius 3 is 2.27 bits per heavy atom. The van der Waals surface area contributed by atoms with Crippen LogP contribution in [0.3, 0.4) is 0 Å². The number of anilines is 1. The maximum absolute atomic E-state index is 13.6. The van der Waals surface area contributed by atoms with E-state index in [1.807, 2.05) is 0 Å². The number of hydrogen-bond donors (Lipinski definition) is 2. The van der Waals surface area contributed by atoms with Crippen molar-refractivity contribution in [1.29, 1.82) is 0 Å². The molecule has 2 saturated carbocycles. The summed E-state index contributed by atoms with van der Waals surface area (Å²) in [6.45, 7) is 0. The number of halogens is 3. The lowest BCUT2D eigenvalue weighted by Gasteiger charge is -2.43. The molecule has 0 radical (unpaired) electrons. The second kappa shape index (κ2) is 5.91. The molecule has 2 fully saturated rings. The van der Waals surface area contributed by atoms with Crippen molar-refractivity contribution in [3.8, 4) is 0 Å². The second-order valence-electron chi connectivity index (χ2n) is 6.43. The van der Waals surface area contributed by atoms with Gasteiger partial charge in [-0.15, -0.1) is 0 Å². The highest BCUT2D eigenvalue weighted by Crippen LogP contribution is 2.42. The van der Waals surface area contributed by atoms with Crippen molar-refractivity contribution in [2.45, 2.75) is 38.1 Å². The summed E-state index contributed by atoms with van der Waals surface area (Å²) in [6, 6.07) is 1.26. The van der Waals surface area contributed by atoms with E-state index in [0.717, 1.165) is 19.3 Å². The normalized spacial score (nSPS) is 30.9. The van der Waals surface area contributed by atoms with Crippen LogP contribution in [0.4, 0.5) is 18.9 Å². The molecule has 1 aromatic rings. The van der Waals surface area contributed by atoms with Gasteiger partial charge in [-0.05, 0) is 37.5 Å². The Balaban J connectivity index is 1.71. The highest BCUT2D eigenvalue weighted by molar-refractivity contribution is 5.92. The number of hydrogen-bond acceptors (Lipinski definition) is 2. The molecule has 120 valence electrons. The number of carbonyl (C=O) groups excluding carboxylic acids is 1. The summed E-state index contributed by atoms with van der Waals surface area (Å²) in [5.41, 5.74) is 5.86. The van der Waals surface area contributed by atoms with Gasteiger partial charge in [-0.1, -0.05) is 6.42 Å². The second-order valence-corrected chi connectivity index (χ2v) is 6.43. The topological polar surface area (TPSA) is 55.1 Å². The summed E-state index contributed by atoms with van der Waals surface area (Å²) < 4.78 is 39.7. The largest absolute Gasteiger partial charge is 0.327 e. The van der Waals surface area contributed by atoms with Crippen LogP contribution in [0.5, 0.6) is 0 Å². The van der Waals surface area contributed by atoms with Gasteiger partial charge >= 0.3 is 0 Å². The molecule has 0 heterocycles. The number of benzene rings is 1. The minimum Gasteiger partial charge on any atom is -0.327 e. The summed E-state index contributed by atoms with van der Waals surface area (Å²) in [4.78, 5) is 12.3. The van der Waals surface area contributed by atoms with E-state index >= 15 is 0 Å². The monoisotopic (exact) mass is 312 g/mol. The number of carbonyl (C=O) groups is 1. The van der Waals surface area contributed by atoms with E-state index in [1.165, 1.54) is 0 Å². The van der Waals surface area contributed by atoms with Gasteiger partial charge in [0.05, 0.1) is 5.69 Å². The zero-order valence-electron chi connectivity index (χ0n) is 12.1. The van der Waals surface area contributed by atoms with Crippen molar-refractivity contribution in [3.05, 3.63) is 29.6 Å². The zero-order valence-corrected chi connectivity index (χ0v) is 12.1. The first-order chi connectivity index (χ1) is 10.5. The minimum absolute atomic E-state index is 0.137. The first-order valence-corrected chi connectivity index (χ1v) is 7.66. The molecular formula is C16H19F3N2O. The molecule has 2 unspecified atom stereocenters. The Hall–Kier alpha value is -1.56. The van der Waals surface area contributed by atoms with E-state index in [1.54, 1.807) is 0 Å². The maximum atomic E-state index is 13.6. The lowest BCUT2D eigenvalue weighted by molar-refractivity contribution is -0.122. The minimum atomic E-state index is -1.27. The molecule has 3 nitrogen and oxygen atoms in total. The van der Waals surface area contributed by atoms with Crippen LogP contribution in [-0.2, 0) is 4.79 Å². The van der Waals surface area contributed by atoms with Crippen LogP contribution in [0.25, 0.3) is 0 Å². The molecule has 3 rings (SSSR count). The SMILES string of the molecule is NC1C2CCCC1CC(C(=O)Nc1cc(F)c(F)cc1F)C2. The van der Waals surface area contributed by atoms with E-state index in [0.29, 0.717) is 36.8 Å². The van der Waals surface area contributed by atoms with Crippen LogP contribution in [0, 0.1) is 35.2 Å². The number of rotatable bonds is 2. The van der Waals surface area contributed by atoms with Gasteiger partial charge in [0.1, 0.15) is 5.82 Å². The Morgan fingerprint density at radius 2 is 1.64 bits per heavy atom. The molecular weight excluding hydrogens is 293 g/mol. The van der Waals surface area contributed by atoms with Crippen LogP contribution < -0.4 is 11.1 Å². The van der Waals surface area contributed by atoms with Crippen LogP contribution >= 0.6 is 0 Å². The summed E-state index contributed by atoms with van der Waals surface area (Å²) in [7, 11) is 0. The molecule has 3 N–H and O–H groups in total. The molecule has 2 atom stereocenters. The van der Waals surface area contributed by atoms with Crippen molar-refractivity contribution in [2.24, 2.45) is 23.5 Å². The Morgan fingerprint density at radius 1 is 1.05 bits per heavy atom. The Bertz CT molecular complexity index is 579. The van der Waals surface area contributed by atoms with Gasteiger partial charge in [-0.25, -0.2) is 13.2 Å². The predicted octanol–water partition coefficient (Wildman–Crippen LogP) is 3.20. The van der Waals surface area contributed by atoms with Crippen LogP contribution in [-0.4, -0.2) is 11.9 Å². The van der Waals surface area contributed by atoms with E-state index in [4.69, 9.17) is 5.73 Å². The van der Waals surface area contributed by atoms with Crippen molar-refractivity contribution < 1.29 is 18.0 Å². The Labute approximate surface area is 127 Å².